The predicted molar refractivity (Wildman–Crippen MR) is 103 cm³/mol. The first-order chi connectivity index (χ1) is 12.4. The standard InChI is InChI=1S/C19H18Cl2N2O3/c1-12(19(25)22-17-8-7-13(20)10-16(17)21)26-15-5-2-4-14(11-15)23-9-3-6-18(23)24/h2,4-5,7-8,10-12H,3,6,9H2,1H3,(H,22,25)/t12-/m0/s1. The summed E-state index contributed by atoms with van der Waals surface area (Å²) in [6.45, 7) is 2.35. The van der Waals surface area contributed by atoms with Gasteiger partial charge in [0.05, 0.1) is 10.7 Å². The molecule has 0 bridgehead atoms. The van der Waals surface area contributed by atoms with Crippen molar-refractivity contribution in [1.82, 2.24) is 0 Å². The molecule has 1 atom stereocenters. The van der Waals surface area contributed by atoms with Gasteiger partial charge in [-0.3, -0.25) is 9.59 Å². The number of hydrogen-bond donors (Lipinski definition) is 1. The predicted octanol–water partition coefficient (Wildman–Crippen LogP) is 4.53. The molecule has 1 aliphatic heterocycles. The van der Waals surface area contributed by atoms with E-state index in [4.69, 9.17) is 27.9 Å². The molecule has 0 aromatic heterocycles. The summed E-state index contributed by atoms with van der Waals surface area (Å²) in [4.78, 5) is 26.0. The fourth-order valence-electron chi connectivity index (χ4n) is 2.73. The van der Waals surface area contributed by atoms with Gasteiger partial charge in [-0.1, -0.05) is 29.3 Å². The van der Waals surface area contributed by atoms with Crippen LogP contribution >= 0.6 is 23.2 Å². The summed E-state index contributed by atoms with van der Waals surface area (Å²) in [5.41, 5.74) is 1.24. The Hall–Kier alpha value is -2.24. The number of benzene rings is 2. The van der Waals surface area contributed by atoms with Crippen LogP contribution in [0.3, 0.4) is 0 Å². The molecule has 26 heavy (non-hydrogen) atoms. The molecule has 3 rings (SSSR count). The second-order valence-electron chi connectivity index (χ2n) is 6.02. The highest BCUT2D eigenvalue weighted by molar-refractivity contribution is 6.36. The summed E-state index contributed by atoms with van der Waals surface area (Å²) in [6.07, 6.45) is 0.669. The molecule has 1 aliphatic rings. The van der Waals surface area contributed by atoms with Gasteiger partial charge in [0.2, 0.25) is 5.91 Å². The Morgan fingerprint density at radius 2 is 2.04 bits per heavy atom. The maximum absolute atomic E-state index is 12.4. The fourth-order valence-corrected chi connectivity index (χ4v) is 3.18. The van der Waals surface area contributed by atoms with E-state index in [2.05, 4.69) is 5.32 Å². The van der Waals surface area contributed by atoms with Crippen molar-refractivity contribution in [3.05, 3.63) is 52.5 Å². The van der Waals surface area contributed by atoms with E-state index in [9.17, 15) is 9.59 Å². The number of hydrogen-bond acceptors (Lipinski definition) is 3. The quantitative estimate of drug-likeness (QED) is 0.812. The average Bonchev–Trinajstić information content (AvgIpc) is 3.03. The maximum atomic E-state index is 12.4. The normalized spacial score (nSPS) is 15.0. The van der Waals surface area contributed by atoms with Crippen molar-refractivity contribution < 1.29 is 14.3 Å². The minimum absolute atomic E-state index is 0.102. The molecule has 1 saturated heterocycles. The van der Waals surface area contributed by atoms with Crippen LogP contribution in [-0.4, -0.2) is 24.5 Å². The lowest BCUT2D eigenvalue weighted by Crippen LogP contribution is -2.30. The molecule has 0 aliphatic carbocycles. The zero-order valence-electron chi connectivity index (χ0n) is 14.2. The number of ether oxygens (including phenoxy) is 1. The molecule has 1 N–H and O–H groups in total. The molecule has 1 fully saturated rings. The second kappa shape index (κ2) is 7.98. The van der Waals surface area contributed by atoms with Crippen LogP contribution in [0.1, 0.15) is 19.8 Å². The molecule has 2 aromatic rings. The van der Waals surface area contributed by atoms with Gasteiger partial charge >= 0.3 is 0 Å². The van der Waals surface area contributed by atoms with Crippen LogP contribution in [-0.2, 0) is 9.59 Å². The lowest BCUT2D eigenvalue weighted by Gasteiger charge is -2.19. The van der Waals surface area contributed by atoms with Crippen LogP contribution < -0.4 is 15.0 Å². The summed E-state index contributed by atoms with van der Waals surface area (Å²) in [5, 5.41) is 3.56. The molecule has 5 nitrogen and oxygen atoms in total. The van der Waals surface area contributed by atoms with E-state index >= 15 is 0 Å². The molecule has 136 valence electrons. The van der Waals surface area contributed by atoms with E-state index in [1.54, 1.807) is 48.2 Å². The third-order valence-electron chi connectivity index (χ3n) is 4.07. The van der Waals surface area contributed by atoms with Gasteiger partial charge in [0.15, 0.2) is 6.10 Å². The lowest BCUT2D eigenvalue weighted by atomic mass is 10.2. The summed E-state index contributed by atoms with van der Waals surface area (Å²) in [5.74, 6) is 0.286. The minimum atomic E-state index is -0.744. The van der Waals surface area contributed by atoms with Crippen LogP contribution in [0.4, 0.5) is 11.4 Å². The van der Waals surface area contributed by atoms with Crippen molar-refractivity contribution in [2.45, 2.75) is 25.9 Å². The topological polar surface area (TPSA) is 58.6 Å². The zero-order chi connectivity index (χ0) is 18.7. The number of anilines is 2. The van der Waals surface area contributed by atoms with Gasteiger partial charge in [-0.2, -0.15) is 0 Å². The molecule has 0 saturated carbocycles. The lowest BCUT2D eigenvalue weighted by molar-refractivity contribution is -0.122. The number of nitrogens with zero attached hydrogens (tertiary/aromatic N) is 1. The highest BCUT2D eigenvalue weighted by atomic mass is 35.5. The van der Waals surface area contributed by atoms with Crippen molar-refractivity contribution in [2.75, 3.05) is 16.8 Å². The molecular formula is C19H18Cl2N2O3. The molecular weight excluding hydrogens is 375 g/mol. The number of amides is 2. The SMILES string of the molecule is C[C@H](Oc1cccc(N2CCCC2=O)c1)C(=O)Nc1ccc(Cl)cc1Cl. The first-order valence-corrected chi connectivity index (χ1v) is 9.02. The van der Waals surface area contributed by atoms with E-state index in [0.29, 0.717) is 34.4 Å². The third-order valence-corrected chi connectivity index (χ3v) is 4.62. The fraction of sp³-hybridized carbons (Fsp3) is 0.263. The third kappa shape index (κ3) is 4.29. The van der Waals surface area contributed by atoms with E-state index in [0.717, 1.165) is 12.1 Å². The Kier molecular flexibility index (Phi) is 5.69. The number of carbonyl (C=O) groups excluding carboxylic acids is 2. The molecule has 0 radical (unpaired) electrons. The summed E-state index contributed by atoms with van der Waals surface area (Å²) in [6, 6.07) is 12.0. The highest BCUT2D eigenvalue weighted by Crippen LogP contribution is 2.27. The van der Waals surface area contributed by atoms with E-state index in [1.165, 1.54) is 0 Å². The minimum Gasteiger partial charge on any atom is -0.481 e. The molecule has 1 heterocycles. The maximum Gasteiger partial charge on any atom is 0.265 e. The van der Waals surface area contributed by atoms with Crippen molar-refractivity contribution >= 4 is 46.4 Å². The van der Waals surface area contributed by atoms with Gasteiger partial charge in [-0.25, -0.2) is 0 Å². The molecule has 0 unspecified atom stereocenters. The summed E-state index contributed by atoms with van der Waals surface area (Å²) < 4.78 is 5.73. The van der Waals surface area contributed by atoms with Crippen molar-refractivity contribution in [1.29, 1.82) is 0 Å². The van der Waals surface area contributed by atoms with Crippen molar-refractivity contribution in [3.8, 4) is 5.75 Å². The van der Waals surface area contributed by atoms with Crippen LogP contribution in [0.5, 0.6) is 5.75 Å². The number of nitrogens with one attached hydrogen (secondary N) is 1. The number of rotatable bonds is 5. The first kappa shape index (κ1) is 18.5. The largest absolute Gasteiger partial charge is 0.481 e. The van der Waals surface area contributed by atoms with Gasteiger partial charge in [-0.15, -0.1) is 0 Å². The van der Waals surface area contributed by atoms with Gasteiger partial charge in [0.25, 0.3) is 5.91 Å². The summed E-state index contributed by atoms with van der Waals surface area (Å²) >= 11 is 11.9. The second-order valence-corrected chi connectivity index (χ2v) is 6.86. The Morgan fingerprint density at radius 1 is 1.23 bits per heavy atom. The number of carbonyl (C=O) groups is 2. The monoisotopic (exact) mass is 392 g/mol. The molecule has 0 spiro atoms. The molecule has 2 amide bonds. The average molecular weight is 393 g/mol. The van der Waals surface area contributed by atoms with Crippen LogP contribution in [0, 0.1) is 0 Å². The van der Waals surface area contributed by atoms with Gasteiger partial charge < -0.3 is 15.0 Å². The van der Waals surface area contributed by atoms with Crippen LogP contribution in [0.25, 0.3) is 0 Å². The highest BCUT2D eigenvalue weighted by Gasteiger charge is 2.22. The zero-order valence-corrected chi connectivity index (χ0v) is 15.7. The van der Waals surface area contributed by atoms with Gasteiger partial charge in [-0.05, 0) is 43.7 Å². The molecule has 2 aromatic carbocycles. The first-order valence-electron chi connectivity index (χ1n) is 8.27. The van der Waals surface area contributed by atoms with Crippen molar-refractivity contribution in [3.63, 3.8) is 0 Å². The van der Waals surface area contributed by atoms with Gasteiger partial charge in [0, 0.05) is 29.7 Å². The Morgan fingerprint density at radius 3 is 2.73 bits per heavy atom. The van der Waals surface area contributed by atoms with E-state index < -0.39 is 6.10 Å². The van der Waals surface area contributed by atoms with Crippen LogP contribution in [0.2, 0.25) is 10.0 Å². The Bertz CT molecular complexity index is 841. The van der Waals surface area contributed by atoms with E-state index in [1.807, 2.05) is 6.07 Å². The molecule has 7 heteroatoms. The number of halogens is 2. The smallest absolute Gasteiger partial charge is 0.265 e. The van der Waals surface area contributed by atoms with Gasteiger partial charge in [0.1, 0.15) is 5.75 Å². The Labute approximate surface area is 161 Å². The summed E-state index contributed by atoms with van der Waals surface area (Å²) in [7, 11) is 0. The Balaban J connectivity index is 1.66. The van der Waals surface area contributed by atoms with E-state index in [-0.39, 0.29) is 11.8 Å². The van der Waals surface area contributed by atoms with Crippen molar-refractivity contribution in [2.24, 2.45) is 0 Å². The van der Waals surface area contributed by atoms with Crippen LogP contribution in [0.15, 0.2) is 42.5 Å².